The predicted molar refractivity (Wildman–Crippen MR) is 102 cm³/mol. The lowest BCUT2D eigenvalue weighted by molar-refractivity contribution is 0.267. The zero-order valence-electron chi connectivity index (χ0n) is 15.6. The molecule has 0 saturated heterocycles. The van der Waals surface area contributed by atoms with Gasteiger partial charge in [0.2, 0.25) is 5.95 Å². The Morgan fingerprint density at radius 2 is 2.11 bits per heavy atom. The van der Waals surface area contributed by atoms with Crippen LogP contribution in [0.1, 0.15) is 13.0 Å². The molecule has 8 heteroatoms. The largest absolute Gasteiger partial charge is 0.496 e. The summed E-state index contributed by atoms with van der Waals surface area (Å²) >= 11 is 0. The first-order valence-corrected chi connectivity index (χ1v) is 8.86. The minimum atomic E-state index is -0.565. The number of methoxy groups -OCH3 is 1. The van der Waals surface area contributed by atoms with Crippen molar-refractivity contribution in [2.45, 2.75) is 13.0 Å². The van der Waals surface area contributed by atoms with Crippen LogP contribution in [0.15, 0.2) is 35.4 Å². The van der Waals surface area contributed by atoms with E-state index in [1.54, 1.807) is 41.6 Å². The molecule has 7 nitrogen and oxygen atoms in total. The summed E-state index contributed by atoms with van der Waals surface area (Å²) in [6.07, 6.45) is 3.13. The summed E-state index contributed by atoms with van der Waals surface area (Å²) in [6, 6.07) is 4.56. The first-order valence-electron chi connectivity index (χ1n) is 8.86. The molecule has 1 aliphatic rings. The standard InChI is InChI=1S/C20H17FN4O3/c1-10-9-28-19-16(11-4-5-15(21)23-7-11)14(27-3)6-12-17(19)18-13(8-22-12)24(2)20(26)25(10)18/h4-8,10H,9H2,1-3H3/t10-/m0/s1. The molecule has 142 valence electrons. The molecule has 4 heterocycles. The Morgan fingerprint density at radius 3 is 2.82 bits per heavy atom. The van der Waals surface area contributed by atoms with Crippen LogP contribution in [0.5, 0.6) is 11.5 Å². The summed E-state index contributed by atoms with van der Waals surface area (Å²) in [5.74, 6) is 0.538. The van der Waals surface area contributed by atoms with E-state index in [0.29, 0.717) is 34.7 Å². The van der Waals surface area contributed by atoms with Crippen molar-refractivity contribution in [1.82, 2.24) is 19.1 Å². The molecule has 0 fully saturated rings. The summed E-state index contributed by atoms with van der Waals surface area (Å²) in [4.78, 5) is 21.1. The van der Waals surface area contributed by atoms with E-state index in [9.17, 15) is 9.18 Å². The van der Waals surface area contributed by atoms with E-state index in [1.165, 1.54) is 12.3 Å². The molecule has 0 bridgehead atoms. The van der Waals surface area contributed by atoms with Crippen LogP contribution in [0.4, 0.5) is 4.39 Å². The van der Waals surface area contributed by atoms with Gasteiger partial charge in [0, 0.05) is 24.9 Å². The number of aromatic nitrogens is 4. The van der Waals surface area contributed by atoms with Crippen molar-refractivity contribution < 1.29 is 13.9 Å². The number of hydrogen-bond donors (Lipinski definition) is 0. The molecule has 0 radical (unpaired) electrons. The molecule has 0 saturated carbocycles. The Morgan fingerprint density at radius 1 is 1.29 bits per heavy atom. The van der Waals surface area contributed by atoms with Gasteiger partial charge in [0.25, 0.3) is 0 Å². The Hall–Kier alpha value is -3.42. The minimum Gasteiger partial charge on any atom is -0.496 e. The van der Waals surface area contributed by atoms with Crippen molar-refractivity contribution in [3.05, 3.63) is 47.0 Å². The van der Waals surface area contributed by atoms with Gasteiger partial charge in [0.15, 0.2) is 0 Å². The number of pyridine rings is 2. The molecule has 28 heavy (non-hydrogen) atoms. The van der Waals surface area contributed by atoms with Gasteiger partial charge in [-0.3, -0.25) is 14.1 Å². The molecular weight excluding hydrogens is 363 g/mol. The van der Waals surface area contributed by atoms with Crippen LogP contribution in [0, 0.1) is 5.95 Å². The monoisotopic (exact) mass is 380 g/mol. The maximum atomic E-state index is 13.4. The summed E-state index contributed by atoms with van der Waals surface area (Å²) in [7, 11) is 3.29. The Bertz CT molecular complexity index is 1310. The smallest absolute Gasteiger partial charge is 0.329 e. The van der Waals surface area contributed by atoms with E-state index in [2.05, 4.69) is 9.97 Å². The van der Waals surface area contributed by atoms with Crippen LogP contribution in [0.2, 0.25) is 0 Å². The lowest BCUT2D eigenvalue weighted by Crippen LogP contribution is -2.27. The highest BCUT2D eigenvalue weighted by atomic mass is 19.1. The lowest BCUT2D eigenvalue weighted by atomic mass is 10.0. The van der Waals surface area contributed by atoms with Gasteiger partial charge in [0.05, 0.1) is 46.8 Å². The molecule has 1 atom stereocenters. The maximum absolute atomic E-state index is 13.4. The van der Waals surface area contributed by atoms with Gasteiger partial charge in [-0.1, -0.05) is 0 Å². The fraction of sp³-hybridized carbons (Fsp3) is 0.250. The van der Waals surface area contributed by atoms with Crippen molar-refractivity contribution in [1.29, 1.82) is 0 Å². The zero-order chi connectivity index (χ0) is 19.6. The van der Waals surface area contributed by atoms with Gasteiger partial charge < -0.3 is 9.47 Å². The van der Waals surface area contributed by atoms with Gasteiger partial charge >= 0.3 is 5.69 Å². The zero-order valence-corrected chi connectivity index (χ0v) is 15.6. The SMILES string of the molecule is COc1cc2ncc3c4c2c(c1-c1ccc(F)nc1)OC[C@H](C)n4c(=O)n3C. The third-order valence-electron chi connectivity index (χ3n) is 5.27. The molecule has 5 rings (SSSR count). The Labute approximate surface area is 159 Å². The van der Waals surface area contributed by atoms with Crippen molar-refractivity contribution in [2.24, 2.45) is 7.05 Å². The second-order valence-corrected chi connectivity index (χ2v) is 6.91. The summed E-state index contributed by atoms with van der Waals surface area (Å²) in [5, 5.41) is 0.736. The highest BCUT2D eigenvalue weighted by Gasteiger charge is 2.28. The van der Waals surface area contributed by atoms with Crippen LogP contribution in [0.25, 0.3) is 33.1 Å². The number of aryl methyl sites for hydroxylation is 1. The first kappa shape index (κ1) is 16.7. The molecular formula is C20H17FN4O3. The predicted octanol–water partition coefficient (Wildman–Crippen LogP) is 3.05. The molecule has 0 spiro atoms. The number of imidazole rings is 1. The number of nitrogens with zero attached hydrogens (tertiary/aromatic N) is 4. The fourth-order valence-electron chi connectivity index (χ4n) is 3.91. The van der Waals surface area contributed by atoms with E-state index in [4.69, 9.17) is 9.47 Å². The van der Waals surface area contributed by atoms with Crippen molar-refractivity contribution in [3.63, 3.8) is 0 Å². The third-order valence-corrected chi connectivity index (χ3v) is 5.27. The van der Waals surface area contributed by atoms with Crippen molar-refractivity contribution in [2.75, 3.05) is 13.7 Å². The summed E-state index contributed by atoms with van der Waals surface area (Å²) in [6.45, 7) is 2.24. The fourth-order valence-corrected chi connectivity index (χ4v) is 3.91. The van der Waals surface area contributed by atoms with Crippen LogP contribution >= 0.6 is 0 Å². The van der Waals surface area contributed by atoms with E-state index in [1.807, 2.05) is 6.92 Å². The second kappa shape index (κ2) is 5.79. The lowest BCUT2D eigenvalue weighted by Gasteiger charge is -2.17. The van der Waals surface area contributed by atoms with Gasteiger partial charge in [-0.15, -0.1) is 0 Å². The molecule has 0 N–H and O–H groups in total. The number of benzene rings is 1. The number of hydrogen-bond acceptors (Lipinski definition) is 5. The first-order chi connectivity index (χ1) is 13.5. The van der Waals surface area contributed by atoms with Crippen molar-refractivity contribution >= 4 is 21.9 Å². The average Bonchev–Trinajstić information content (AvgIpc) is 2.85. The van der Waals surface area contributed by atoms with Crippen molar-refractivity contribution in [3.8, 4) is 22.6 Å². The molecule has 1 aliphatic heterocycles. The van der Waals surface area contributed by atoms with Crippen LogP contribution in [0.3, 0.4) is 0 Å². The van der Waals surface area contributed by atoms with Crippen LogP contribution in [-0.2, 0) is 7.05 Å². The van der Waals surface area contributed by atoms with Crippen LogP contribution in [-0.4, -0.2) is 32.8 Å². The third kappa shape index (κ3) is 2.11. The molecule has 0 unspecified atom stereocenters. The molecule has 3 aromatic heterocycles. The highest BCUT2D eigenvalue weighted by molar-refractivity contribution is 6.10. The van der Waals surface area contributed by atoms with Gasteiger partial charge in [-0.2, -0.15) is 4.39 Å². The molecule has 4 aromatic rings. The highest BCUT2D eigenvalue weighted by Crippen LogP contribution is 2.46. The second-order valence-electron chi connectivity index (χ2n) is 6.91. The summed E-state index contributed by atoms with van der Waals surface area (Å²) in [5.41, 5.74) is 3.36. The average molecular weight is 380 g/mol. The van der Waals surface area contributed by atoms with E-state index >= 15 is 0 Å². The van der Waals surface area contributed by atoms with Gasteiger partial charge in [-0.25, -0.2) is 9.78 Å². The normalized spacial score (nSPS) is 15.8. The van der Waals surface area contributed by atoms with Gasteiger partial charge in [0.1, 0.15) is 18.1 Å². The van der Waals surface area contributed by atoms with E-state index in [-0.39, 0.29) is 11.7 Å². The summed E-state index contributed by atoms with van der Waals surface area (Å²) < 4.78 is 28.5. The number of rotatable bonds is 2. The Kier molecular flexibility index (Phi) is 3.46. The van der Waals surface area contributed by atoms with Gasteiger partial charge in [-0.05, 0) is 19.1 Å². The Balaban J connectivity index is 2.00. The maximum Gasteiger partial charge on any atom is 0.329 e. The quantitative estimate of drug-likeness (QED) is 0.500. The van der Waals surface area contributed by atoms with E-state index < -0.39 is 5.95 Å². The molecule has 0 aliphatic carbocycles. The van der Waals surface area contributed by atoms with E-state index in [0.717, 1.165) is 16.4 Å². The molecule has 0 amide bonds. The van der Waals surface area contributed by atoms with Crippen LogP contribution < -0.4 is 15.2 Å². The molecule has 1 aromatic carbocycles. The minimum absolute atomic E-state index is 0.117. The number of halogens is 1. The number of ether oxygens (including phenoxy) is 2. The topological polar surface area (TPSA) is 71.2 Å².